The van der Waals surface area contributed by atoms with Gasteiger partial charge in [0.25, 0.3) is 0 Å². The minimum absolute atomic E-state index is 0.00935. The molecule has 0 aliphatic carbocycles. The summed E-state index contributed by atoms with van der Waals surface area (Å²) in [6.07, 6.45) is -2.22. The lowest BCUT2D eigenvalue weighted by molar-refractivity contribution is -0.274. The lowest BCUT2D eigenvalue weighted by Gasteiger charge is -2.21. The van der Waals surface area contributed by atoms with E-state index in [2.05, 4.69) is 16.4 Å². The third-order valence-corrected chi connectivity index (χ3v) is 5.84. The number of unbranched alkanes of at least 4 members (excludes halogenated alkanes) is 5. The second-order valence-electron chi connectivity index (χ2n) is 8.77. The largest absolute Gasteiger partial charge is 0.573 e. The van der Waals surface area contributed by atoms with Crippen molar-refractivity contribution in [3.63, 3.8) is 0 Å². The molecule has 10 heteroatoms. The molecule has 205 valence electrons. The topological polar surface area (TPSA) is 38.4 Å². The Kier molecular flexibility index (Phi) is 9.51. The summed E-state index contributed by atoms with van der Waals surface area (Å²) in [5, 5.41) is 12.4. The Hall–Kier alpha value is -3.43. The van der Waals surface area contributed by atoms with Gasteiger partial charge in [0.1, 0.15) is 22.9 Å². The minimum Gasteiger partial charge on any atom is -0.429 e. The second kappa shape index (κ2) is 12.4. The third-order valence-electron chi connectivity index (χ3n) is 5.84. The summed E-state index contributed by atoms with van der Waals surface area (Å²) < 4.78 is 104. The van der Waals surface area contributed by atoms with E-state index in [9.17, 15) is 31.4 Å². The first-order chi connectivity index (χ1) is 17.9. The summed E-state index contributed by atoms with van der Waals surface area (Å²) in [4.78, 5) is 0. The van der Waals surface area contributed by atoms with Crippen LogP contribution < -0.4 is 9.47 Å². The summed E-state index contributed by atoms with van der Waals surface area (Å²) >= 11 is 0. The summed E-state index contributed by atoms with van der Waals surface area (Å²) in [5.74, 6) is -6.13. The van der Waals surface area contributed by atoms with Gasteiger partial charge in [0.05, 0.1) is 5.56 Å². The zero-order valence-electron chi connectivity index (χ0n) is 20.5. The summed E-state index contributed by atoms with van der Waals surface area (Å²) in [6.45, 7) is 2.13. The van der Waals surface area contributed by atoms with Gasteiger partial charge in [0.2, 0.25) is 0 Å². The highest BCUT2D eigenvalue weighted by Crippen LogP contribution is 2.42. The first-order valence-electron chi connectivity index (χ1n) is 12.1. The Labute approximate surface area is 215 Å². The molecule has 0 spiro atoms. The van der Waals surface area contributed by atoms with E-state index < -0.39 is 52.5 Å². The van der Waals surface area contributed by atoms with E-state index in [0.29, 0.717) is 12.1 Å². The van der Waals surface area contributed by atoms with E-state index in [1.54, 1.807) is 12.1 Å². The molecule has 3 rings (SSSR count). The van der Waals surface area contributed by atoms with Crippen LogP contribution in [0, 0.1) is 11.6 Å². The van der Waals surface area contributed by atoms with Gasteiger partial charge in [0.15, 0.2) is 11.6 Å². The van der Waals surface area contributed by atoms with Gasteiger partial charge < -0.3 is 9.47 Å². The van der Waals surface area contributed by atoms with E-state index in [1.807, 2.05) is 0 Å². The van der Waals surface area contributed by atoms with Crippen LogP contribution >= 0.6 is 0 Å². The van der Waals surface area contributed by atoms with E-state index in [0.717, 1.165) is 49.8 Å². The lowest BCUT2D eigenvalue weighted by atomic mass is 9.97. The number of benzene rings is 3. The Bertz CT molecular complexity index is 1190. The van der Waals surface area contributed by atoms with Gasteiger partial charge in [-0.2, -0.15) is 8.78 Å². The van der Waals surface area contributed by atoms with Crippen LogP contribution in [-0.2, 0) is 17.6 Å². The molecular weight excluding hydrogens is 517 g/mol. The smallest absolute Gasteiger partial charge is 0.429 e. The molecule has 0 fully saturated rings. The molecule has 3 aromatic rings. The maximum absolute atomic E-state index is 15.2. The van der Waals surface area contributed by atoms with Crippen molar-refractivity contribution in [3.05, 3.63) is 77.4 Å². The average molecular weight is 543 g/mol. The molecule has 0 amide bonds. The minimum atomic E-state index is -5.00. The highest BCUT2D eigenvalue weighted by atomic mass is 19.4. The van der Waals surface area contributed by atoms with Crippen molar-refractivity contribution < 1.29 is 45.3 Å². The summed E-state index contributed by atoms with van der Waals surface area (Å²) in [5.41, 5.74) is -1.63. The van der Waals surface area contributed by atoms with Gasteiger partial charge in [0, 0.05) is 6.07 Å². The quantitative estimate of drug-likeness (QED) is 0.168. The maximum atomic E-state index is 15.2. The molecule has 0 aliphatic heterocycles. The second-order valence-corrected chi connectivity index (χ2v) is 8.77. The molecule has 3 nitrogen and oxygen atoms in total. The number of alkyl halides is 5. The summed E-state index contributed by atoms with van der Waals surface area (Å²) in [6, 6.07) is 9.21. The van der Waals surface area contributed by atoms with Gasteiger partial charge in [-0.15, -0.1) is 13.2 Å². The van der Waals surface area contributed by atoms with E-state index >= 15 is 4.39 Å². The van der Waals surface area contributed by atoms with Gasteiger partial charge in [-0.05, 0) is 48.2 Å². The first kappa shape index (κ1) is 29.1. The van der Waals surface area contributed by atoms with E-state index in [1.165, 1.54) is 25.0 Å². The van der Waals surface area contributed by atoms with Gasteiger partial charge in [-0.1, -0.05) is 63.3 Å². The zero-order chi connectivity index (χ0) is 27.9. The average Bonchev–Trinajstić information content (AvgIpc) is 2.82. The predicted molar refractivity (Wildman–Crippen MR) is 127 cm³/mol. The van der Waals surface area contributed by atoms with Crippen LogP contribution in [0.1, 0.15) is 56.6 Å². The van der Waals surface area contributed by atoms with Gasteiger partial charge in [-0.25, -0.2) is 8.78 Å². The molecule has 1 radical (unpaired) electrons. The zero-order valence-corrected chi connectivity index (χ0v) is 20.5. The molecule has 0 N–H and O–H groups in total. The number of aryl methyl sites for hydroxylation is 1. The molecule has 38 heavy (non-hydrogen) atoms. The number of ether oxygens (including phenoxy) is 2. The van der Waals surface area contributed by atoms with Gasteiger partial charge in [-0.3, -0.25) is 5.11 Å². The lowest BCUT2D eigenvalue weighted by Crippen LogP contribution is -2.25. The molecule has 0 aromatic heterocycles. The van der Waals surface area contributed by atoms with Crippen LogP contribution in [0.5, 0.6) is 17.2 Å². The van der Waals surface area contributed by atoms with Crippen LogP contribution in [0.2, 0.25) is 0 Å². The Morgan fingerprint density at radius 3 is 1.87 bits per heavy atom. The van der Waals surface area contributed by atoms with E-state index in [4.69, 9.17) is 0 Å². The van der Waals surface area contributed by atoms with Crippen molar-refractivity contribution in [2.75, 3.05) is 0 Å². The molecule has 0 saturated carbocycles. The van der Waals surface area contributed by atoms with Crippen LogP contribution in [0.4, 0.5) is 30.7 Å². The van der Waals surface area contributed by atoms with Gasteiger partial charge >= 0.3 is 12.5 Å². The molecule has 3 aromatic carbocycles. The van der Waals surface area contributed by atoms with Crippen LogP contribution in [0.15, 0.2) is 54.6 Å². The Balaban J connectivity index is 1.79. The monoisotopic (exact) mass is 543 g/mol. The molecule has 0 atom stereocenters. The number of hydrogen-bond acceptors (Lipinski definition) is 2. The van der Waals surface area contributed by atoms with Crippen LogP contribution in [0.25, 0.3) is 11.1 Å². The number of rotatable bonds is 12. The van der Waals surface area contributed by atoms with Crippen molar-refractivity contribution in [1.82, 2.24) is 0 Å². The number of halogens is 7. The Morgan fingerprint density at radius 2 is 1.29 bits per heavy atom. The molecular formula is C28H26F7O3. The molecule has 0 heterocycles. The maximum Gasteiger partial charge on any atom is 0.573 e. The van der Waals surface area contributed by atoms with Crippen LogP contribution in [-0.4, -0.2) is 6.36 Å². The molecule has 0 saturated heterocycles. The SMILES string of the molecule is CCCCCCCCc1ccc(-c2c([O])cc(F)c(C(F)(F)Oc3ccc(OC(F)(F)F)cc3)c2F)cc1. The summed E-state index contributed by atoms with van der Waals surface area (Å²) in [7, 11) is 0. The van der Waals surface area contributed by atoms with Crippen molar-refractivity contribution in [2.24, 2.45) is 0 Å². The predicted octanol–water partition coefficient (Wildman–Crippen LogP) is 9.71. The highest BCUT2D eigenvalue weighted by molar-refractivity contribution is 5.72. The fourth-order valence-electron chi connectivity index (χ4n) is 3.99. The first-order valence-corrected chi connectivity index (χ1v) is 12.1. The molecule has 0 aliphatic rings. The number of hydrogen-bond donors (Lipinski definition) is 0. The normalized spacial score (nSPS) is 12.0. The van der Waals surface area contributed by atoms with Crippen LogP contribution in [0.3, 0.4) is 0 Å². The Morgan fingerprint density at radius 1 is 0.737 bits per heavy atom. The molecule has 0 bridgehead atoms. The van der Waals surface area contributed by atoms with Crippen molar-refractivity contribution >= 4 is 0 Å². The fourth-order valence-corrected chi connectivity index (χ4v) is 3.99. The molecule has 0 unspecified atom stereocenters. The fraction of sp³-hybridized carbons (Fsp3) is 0.357. The highest BCUT2D eigenvalue weighted by Gasteiger charge is 2.43. The van der Waals surface area contributed by atoms with Crippen molar-refractivity contribution in [1.29, 1.82) is 0 Å². The third kappa shape index (κ3) is 7.79. The van der Waals surface area contributed by atoms with Crippen molar-refractivity contribution in [3.8, 4) is 28.4 Å². The van der Waals surface area contributed by atoms with Crippen molar-refractivity contribution in [2.45, 2.75) is 64.3 Å². The van der Waals surface area contributed by atoms with E-state index in [-0.39, 0.29) is 11.6 Å². The standard InChI is InChI=1S/C28H26F7O3/c1-2-3-4-5-6-7-8-18-9-11-19(12-10-18)24-23(36)17-22(29)25(26(24)30)27(31,32)37-20-13-15-21(16-14-20)38-28(33,34)35/h9-17H,2-8H2,1H3.